The van der Waals surface area contributed by atoms with Crippen molar-refractivity contribution in [3.8, 4) is 0 Å². The van der Waals surface area contributed by atoms with Crippen molar-refractivity contribution in [3.05, 3.63) is 48.6 Å². The average Bonchev–Trinajstić information content (AvgIpc) is 3.15. The van der Waals surface area contributed by atoms with Gasteiger partial charge in [0, 0.05) is 55.9 Å². The van der Waals surface area contributed by atoms with E-state index in [-0.39, 0.29) is 30.9 Å². The van der Waals surface area contributed by atoms with Gasteiger partial charge in [-0.1, -0.05) is 24.3 Å². The van der Waals surface area contributed by atoms with Gasteiger partial charge < -0.3 is 24.7 Å². The number of amides is 3. The van der Waals surface area contributed by atoms with Gasteiger partial charge in [0.1, 0.15) is 6.04 Å². The summed E-state index contributed by atoms with van der Waals surface area (Å²) in [5.74, 6) is -1.75. The van der Waals surface area contributed by atoms with Crippen molar-refractivity contribution < 1.29 is 19.5 Å². The summed E-state index contributed by atoms with van der Waals surface area (Å²) in [5, 5.41) is 9.85. The van der Waals surface area contributed by atoms with E-state index in [2.05, 4.69) is 18.7 Å². The Kier molecular flexibility index (Phi) is 6.64. The van der Waals surface area contributed by atoms with Crippen molar-refractivity contribution in [1.82, 2.24) is 9.80 Å². The summed E-state index contributed by atoms with van der Waals surface area (Å²) in [4.78, 5) is 49.0. The molecule has 1 aromatic carbocycles. The van der Waals surface area contributed by atoms with Crippen LogP contribution in [0.3, 0.4) is 0 Å². The van der Waals surface area contributed by atoms with Crippen LogP contribution in [0, 0.1) is 11.8 Å². The second kappa shape index (κ2) is 9.51. The highest BCUT2D eigenvalue weighted by molar-refractivity contribution is 8.02. The van der Waals surface area contributed by atoms with Crippen molar-refractivity contribution in [1.29, 1.82) is 0 Å². The summed E-state index contributed by atoms with van der Waals surface area (Å²) in [5.41, 5.74) is 1.86. The van der Waals surface area contributed by atoms with E-state index in [1.165, 1.54) is 4.90 Å². The first kappa shape index (κ1) is 25.9. The fourth-order valence-corrected chi connectivity index (χ4v) is 8.81. The van der Waals surface area contributed by atoms with Gasteiger partial charge in [0.2, 0.25) is 11.8 Å². The Hall–Kier alpha value is -2.78. The summed E-state index contributed by atoms with van der Waals surface area (Å²) in [7, 11) is 1.76. The molecule has 198 valence electrons. The SMILES string of the molecule is CCN(CC)c1ccc(N2CC=C[C@]34S[C@@]5(C)C=CCN(C)C(=O)[C@H]5[C@H]3C(=O)N(CCO)C4C2=O)cc1. The summed E-state index contributed by atoms with van der Waals surface area (Å²) in [6.45, 7) is 8.70. The van der Waals surface area contributed by atoms with E-state index in [9.17, 15) is 19.5 Å². The first-order valence-corrected chi connectivity index (χ1v) is 13.9. The number of aliphatic hydroxyl groups is 1. The monoisotopic (exact) mass is 524 g/mol. The maximum atomic E-state index is 14.3. The first-order valence-electron chi connectivity index (χ1n) is 13.1. The Balaban J connectivity index is 1.57. The second-order valence-electron chi connectivity index (χ2n) is 10.4. The van der Waals surface area contributed by atoms with Gasteiger partial charge in [0.15, 0.2) is 0 Å². The molecule has 1 spiro atoms. The second-order valence-corrected chi connectivity index (χ2v) is 12.2. The molecular formula is C28H36N4O4S. The summed E-state index contributed by atoms with van der Waals surface area (Å²) >= 11 is 1.56. The molecule has 2 saturated heterocycles. The molecule has 5 atom stereocenters. The quantitative estimate of drug-likeness (QED) is 0.574. The topological polar surface area (TPSA) is 84.4 Å². The van der Waals surface area contributed by atoms with E-state index >= 15 is 0 Å². The highest BCUT2D eigenvalue weighted by Crippen LogP contribution is 2.65. The zero-order valence-corrected chi connectivity index (χ0v) is 22.8. The van der Waals surface area contributed by atoms with Gasteiger partial charge in [-0.05, 0) is 45.0 Å². The molecule has 0 bridgehead atoms. The van der Waals surface area contributed by atoms with E-state index < -0.39 is 27.4 Å². The third kappa shape index (κ3) is 3.81. The number of carbonyl (C=O) groups is 3. The number of thioether (sulfide) groups is 1. The average molecular weight is 525 g/mol. The summed E-state index contributed by atoms with van der Waals surface area (Å²) in [6.07, 6.45) is 8.01. The van der Waals surface area contributed by atoms with E-state index in [4.69, 9.17) is 0 Å². The predicted octanol–water partition coefficient (Wildman–Crippen LogP) is 2.14. The number of aliphatic hydroxyl groups excluding tert-OH is 1. The first-order chi connectivity index (χ1) is 17.7. The Morgan fingerprint density at radius 3 is 2.30 bits per heavy atom. The highest BCUT2D eigenvalue weighted by Gasteiger charge is 2.73. The van der Waals surface area contributed by atoms with Crippen LogP contribution in [-0.4, -0.2) is 94.5 Å². The van der Waals surface area contributed by atoms with E-state index in [0.29, 0.717) is 13.1 Å². The van der Waals surface area contributed by atoms with E-state index in [0.717, 1.165) is 24.5 Å². The van der Waals surface area contributed by atoms with Gasteiger partial charge in [0.05, 0.1) is 23.2 Å². The molecule has 0 aromatic heterocycles. The van der Waals surface area contributed by atoms with Gasteiger partial charge in [-0.3, -0.25) is 14.4 Å². The molecule has 4 heterocycles. The van der Waals surface area contributed by atoms with Crippen LogP contribution in [0.1, 0.15) is 20.8 Å². The molecule has 4 aliphatic rings. The van der Waals surface area contributed by atoms with Gasteiger partial charge in [-0.15, -0.1) is 11.8 Å². The molecule has 1 unspecified atom stereocenters. The zero-order valence-electron chi connectivity index (χ0n) is 22.0. The number of hydrogen-bond acceptors (Lipinski definition) is 6. The molecule has 9 heteroatoms. The number of benzene rings is 1. The van der Waals surface area contributed by atoms with Crippen molar-refractivity contribution >= 4 is 40.9 Å². The fraction of sp³-hybridized carbons (Fsp3) is 0.536. The van der Waals surface area contributed by atoms with Gasteiger partial charge >= 0.3 is 0 Å². The lowest BCUT2D eigenvalue weighted by molar-refractivity contribution is -0.143. The number of β-amino-alcohol motifs (C(OH)–C–C–N with tert-alkyl or cyclic N) is 1. The van der Waals surface area contributed by atoms with Crippen molar-refractivity contribution in [2.75, 3.05) is 56.2 Å². The Bertz CT molecular complexity index is 1150. The van der Waals surface area contributed by atoms with Gasteiger partial charge in [0.25, 0.3) is 5.91 Å². The van der Waals surface area contributed by atoms with Crippen LogP contribution in [0.4, 0.5) is 11.4 Å². The number of fused-ring (bicyclic) bond motifs is 2. The Labute approximate surface area is 222 Å². The van der Waals surface area contributed by atoms with E-state index in [1.54, 1.807) is 28.6 Å². The molecule has 0 radical (unpaired) electrons. The molecule has 1 N–H and O–H groups in total. The minimum absolute atomic E-state index is 0.0555. The maximum absolute atomic E-state index is 14.3. The van der Waals surface area contributed by atoms with Crippen molar-refractivity contribution in [2.24, 2.45) is 11.8 Å². The Morgan fingerprint density at radius 2 is 1.65 bits per heavy atom. The number of nitrogens with zero attached hydrogens (tertiary/aromatic N) is 4. The molecular weight excluding hydrogens is 488 g/mol. The lowest BCUT2D eigenvalue weighted by Crippen LogP contribution is -2.54. The maximum Gasteiger partial charge on any atom is 0.251 e. The van der Waals surface area contributed by atoms with Crippen LogP contribution in [0.25, 0.3) is 0 Å². The predicted molar refractivity (Wildman–Crippen MR) is 147 cm³/mol. The third-order valence-electron chi connectivity index (χ3n) is 8.39. The third-order valence-corrected chi connectivity index (χ3v) is 10.2. The molecule has 1 aromatic rings. The van der Waals surface area contributed by atoms with E-state index in [1.807, 2.05) is 55.5 Å². The lowest BCUT2D eigenvalue weighted by atomic mass is 9.74. The van der Waals surface area contributed by atoms with Crippen LogP contribution in [0.5, 0.6) is 0 Å². The largest absolute Gasteiger partial charge is 0.395 e. The number of rotatable bonds is 6. The fourth-order valence-electron chi connectivity index (χ4n) is 6.65. The highest BCUT2D eigenvalue weighted by atomic mass is 32.2. The van der Waals surface area contributed by atoms with Crippen LogP contribution in [-0.2, 0) is 14.4 Å². The number of carbonyl (C=O) groups excluding carboxylic acids is 3. The smallest absolute Gasteiger partial charge is 0.251 e. The molecule has 3 amide bonds. The number of hydrogen-bond donors (Lipinski definition) is 1. The number of likely N-dealkylation sites (tertiary alicyclic amines) is 1. The normalized spacial score (nSPS) is 32.8. The lowest BCUT2D eigenvalue weighted by Gasteiger charge is -2.36. The molecule has 37 heavy (non-hydrogen) atoms. The summed E-state index contributed by atoms with van der Waals surface area (Å²) in [6, 6.07) is 7.15. The van der Waals surface area contributed by atoms with Crippen LogP contribution in [0.15, 0.2) is 48.6 Å². The standard InChI is InChI=1S/C28H36N4O4S/c1-5-30(6-2)19-9-11-20(12-10-19)31-16-8-14-28-22(25(35)32(17-18-33)23(28)26(31)36)21-24(34)29(4)15-7-13-27(21,3)37-28/h7-14,21-23,33H,5-6,15-18H2,1-4H3/t21-,22+,23?,27+,28+/m1/s1. The van der Waals surface area contributed by atoms with Crippen LogP contribution < -0.4 is 9.80 Å². The number of likely N-dealkylation sites (N-methyl/N-ethyl adjacent to an activating group) is 1. The Morgan fingerprint density at radius 1 is 0.973 bits per heavy atom. The zero-order chi connectivity index (χ0) is 26.5. The van der Waals surface area contributed by atoms with Gasteiger partial charge in [-0.25, -0.2) is 0 Å². The molecule has 0 aliphatic carbocycles. The van der Waals surface area contributed by atoms with Crippen molar-refractivity contribution in [3.63, 3.8) is 0 Å². The molecule has 5 rings (SSSR count). The molecule has 0 saturated carbocycles. The molecule has 8 nitrogen and oxygen atoms in total. The number of anilines is 2. The summed E-state index contributed by atoms with van der Waals surface area (Å²) < 4.78 is -1.51. The van der Waals surface area contributed by atoms with Gasteiger partial charge in [-0.2, -0.15) is 0 Å². The van der Waals surface area contributed by atoms with Crippen LogP contribution >= 0.6 is 11.8 Å². The minimum atomic E-state index is -0.892. The molecule has 4 aliphatic heterocycles. The molecule has 2 fully saturated rings. The minimum Gasteiger partial charge on any atom is -0.395 e. The van der Waals surface area contributed by atoms with Crippen molar-refractivity contribution in [2.45, 2.75) is 36.3 Å². The van der Waals surface area contributed by atoms with Crippen LogP contribution in [0.2, 0.25) is 0 Å².